The number of likely N-dealkylation sites (tertiary alicyclic amines) is 1. The fraction of sp³-hybridized carbons (Fsp3) is 0.625. The SMILES string of the molecule is CC(C)N1CCC(N(Cc2cccnc2)S(=O)(=O)CC(N)=O)CC1. The van der Waals surface area contributed by atoms with Gasteiger partial charge in [0.25, 0.3) is 0 Å². The van der Waals surface area contributed by atoms with E-state index in [9.17, 15) is 13.2 Å². The third-order valence-corrected chi connectivity index (χ3v) is 6.17. The van der Waals surface area contributed by atoms with E-state index in [1.54, 1.807) is 18.5 Å². The zero-order chi connectivity index (χ0) is 17.7. The zero-order valence-corrected chi connectivity index (χ0v) is 15.1. The van der Waals surface area contributed by atoms with Gasteiger partial charge >= 0.3 is 0 Å². The highest BCUT2D eigenvalue weighted by molar-refractivity contribution is 7.89. The molecule has 1 saturated heterocycles. The molecule has 0 unspecified atom stereocenters. The Hall–Kier alpha value is -1.51. The summed E-state index contributed by atoms with van der Waals surface area (Å²) in [5.74, 6) is -1.48. The first-order valence-electron chi connectivity index (χ1n) is 8.20. The standard InChI is InChI=1S/C16H26N4O3S/c1-13(2)19-8-5-15(6-9-19)20(24(22,23)12-16(17)21)11-14-4-3-7-18-10-14/h3-4,7,10,13,15H,5-6,8-9,11-12H2,1-2H3,(H2,17,21). The number of aromatic nitrogens is 1. The summed E-state index contributed by atoms with van der Waals surface area (Å²) in [6.07, 6.45) is 4.79. The number of hydrogen-bond donors (Lipinski definition) is 1. The number of rotatable bonds is 7. The third-order valence-electron chi connectivity index (χ3n) is 4.38. The monoisotopic (exact) mass is 354 g/mol. The number of sulfonamides is 1. The van der Waals surface area contributed by atoms with Crippen molar-refractivity contribution in [1.82, 2.24) is 14.2 Å². The molecule has 0 aliphatic carbocycles. The molecular weight excluding hydrogens is 328 g/mol. The first kappa shape index (κ1) is 18.8. The van der Waals surface area contributed by atoms with Gasteiger partial charge in [-0.1, -0.05) is 6.07 Å². The summed E-state index contributed by atoms with van der Waals surface area (Å²) in [6.45, 7) is 6.18. The van der Waals surface area contributed by atoms with Crippen LogP contribution in [0.4, 0.5) is 0 Å². The van der Waals surface area contributed by atoms with Gasteiger partial charge in [0.2, 0.25) is 15.9 Å². The van der Waals surface area contributed by atoms with E-state index < -0.39 is 21.7 Å². The molecule has 0 aromatic carbocycles. The number of primary amides is 1. The van der Waals surface area contributed by atoms with Crippen LogP contribution in [0.1, 0.15) is 32.3 Å². The summed E-state index contributed by atoms with van der Waals surface area (Å²) in [4.78, 5) is 17.6. The van der Waals surface area contributed by atoms with Gasteiger partial charge in [0.1, 0.15) is 5.75 Å². The summed E-state index contributed by atoms with van der Waals surface area (Å²) in [5, 5.41) is 0. The maximum atomic E-state index is 12.7. The molecule has 0 radical (unpaired) electrons. The lowest BCUT2D eigenvalue weighted by Crippen LogP contribution is -2.50. The lowest BCUT2D eigenvalue weighted by Gasteiger charge is -2.39. The second kappa shape index (κ2) is 8.04. The number of piperidine rings is 1. The molecule has 24 heavy (non-hydrogen) atoms. The van der Waals surface area contributed by atoms with Crippen LogP contribution in [0.15, 0.2) is 24.5 Å². The van der Waals surface area contributed by atoms with Crippen LogP contribution in [0.5, 0.6) is 0 Å². The van der Waals surface area contributed by atoms with Crippen LogP contribution in [0, 0.1) is 0 Å². The molecule has 0 atom stereocenters. The zero-order valence-electron chi connectivity index (χ0n) is 14.3. The van der Waals surface area contributed by atoms with Crippen LogP contribution >= 0.6 is 0 Å². The van der Waals surface area contributed by atoms with Crippen molar-refractivity contribution < 1.29 is 13.2 Å². The molecule has 7 nitrogen and oxygen atoms in total. The van der Waals surface area contributed by atoms with Gasteiger partial charge in [-0.05, 0) is 51.4 Å². The van der Waals surface area contributed by atoms with E-state index in [0.717, 1.165) is 31.5 Å². The average Bonchev–Trinajstić information content (AvgIpc) is 2.52. The Balaban J connectivity index is 2.18. The van der Waals surface area contributed by atoms with Crippen LogP contribution in [-0.2, 0) is 21.4 Å². The number of carbonyl (C=O) groups is 1. The highest BCUT2D eigenvalue weighted by atomic mass is 32.2. The van der Waals surface area contributed by atoms with Gasteiger partial charge in [-0.3, -0.25) is 9.78 Å². The Morgan fingerprint density at radius 3 is 2.58 bits per heavy atom. The van der Waals surface area contributed by atoms with E-state index in [0.29, 0.717) is 6.04 Å². The Labute approximate surface area is 143 Å². The summed E-state index contributed by atoms with van der Waals surface area (Å²) in [5.41, 5.74) is 5.94. The number of pyridine rings is 1. The smallest absolute Gasteiger partial charge is 0.234 e. The molecule has 1 aliphatic rings. The number of nitrogens with zero attached hydrogens (tertiary/aromatic N) is 3. The molecule has 1 aromatic heterocycles. The number of nitrogens with two attached hydrogens (primary N) is 1. The summed E-state index contributed by atoms with van der Waals surface area (Å²) < 4.78 is 26.7. The van der Waals surface area contributed by atoms with Crippen LogP contribution in [-0.4, -0.2) is 59.4 Å². The quantitative estimate of drug-likeness (QED) is 0.772. The molecule has 1 aliphatic heterocycles. The first-order chi connectivity index (χ1) is 11.3. The van der Waals surface area contributed by atoms with Crippen molar-refractivity contribution in [3.8, 4) is 0 Å². The maximum Gasteiger partial charge on any atom is 0.234 e. The van der Waals surface area contributed by atoms with E-state index in [1.165, 1.54) is 4.31 Å². The highest BCUT2D eigenvalue weighted by Gasteiger charge is 2.34. The maximum absolute atomic E-state index is 12.7. The highest BCUT2D eigenvalue weighted by Crippen LogP contribution is 2.23. The van der Waals surface area contributed by atoms with E-state index >= 15 is 0 Å². The number of amides is 1. The van der Waals surface area contributed by atoms with Crippen LogP contribution < -0.4 is 5.73 Å². The topological polar surface area (TPSA) is 96.6 Å². The van der Waals surface area contributed by atoms with Crippen molar-refractivity contribution in [3.63, 3.8) is 0 Å². The Morgan fingerprint density at radius 1 is 1.42 bits per heavy atom. The summed E-state index contributed by atoms with van der Waals surface area (Å²) >= 11 is 0. The molecule has 134 valence electrons. The minimum atomic E-state index is -3.74. The van der Waals surface area contributed by atoms with Crippen LogP contribution in [0.2, 0.25) is 0 Å². The van der Waals surface area contributed by atoms with Crippen molar-refractivity contribution in [2.75, 3.05) is 18.8 Å². The Bertz CT molecular complexity index is 641. The van der Waals surface area contributed by atoms with Crippen molar-refractivity contribution in [3.05, 3.63) is 30.1 Å². The van der Waals surface area contributed by atoms with Crippen LogP contribution in [0.3, 0.4) is 0 Å². The van der Waals surface area contributed by atoms with Gasteiger partial charge in [-0.15, -0.1) is 0 Å². The molecule has 1 fully saturated rings. The van der Waals surface area contributed by atoms with Crippen molar-refractivity contribution in [2.24, 2.45) is 5.73 Å². The van der Waals surface area contributed by atoms with E-state index in [1.807, 2.05) is 6.07 Å². The van der Waals surface area contributed by atoms with E-state index in [-0.39, 0.29) is 12.6 Å². The molecule has 0 spiro atoms. The molecule has 0 saturated carbocycles. The lowest BCUT2D eigenvalue weighted by atomic mass is 10.0. The van der Waals surface area contributed by atoms with Gasteiger partial charge < -0.3 is 10.6 Å². The molecule has 2 rings (SSSR count). The minimum absolute atomic E-state index is 0.121. The normalized spacial score (nSPS) is 17.5. The summed E-state index contributed by atoms with van der Waals surface area (Å²) in [6, 6.07) is 3.93. The predicted molar refractivity (Wildman–Crippen MR) is 92.5 cm³/mol. The number of carbonyl (C=O) groups excluding carboxylic acids is 1. The molecular formula is C16H26N4O3S. The fourth-order valence-corrected chi connectivity index (χ4v) is 4.62. The Morgan fingerprint density at radius 2 is 2.08 bits per heavy atom. The largest absolute Gasteiger partial charge is 0.369 e. The van der Waals surface area contributed by atoms with Crippen molar-refractivity contribution >= 4 is 15.9 Å². The van der Waals surface area contributed by atoms with Crippen molar-refractivity contribution in [1.29, 1.82) is 0 Å². The first-order valence-corrected chi connectivity index (χ1v) is 9.81. The third kappa shape index (κ3) is 4.99. The van der Waals surface area contributed by atoms with E-state index in [2.05, 4.69) is 23.7 Å². The molecule has 1 amide bonds. The second-order valence-electron chi connectivity index (χ2n) is 6.49. The molecule has 8 heteroatoms. The predicted octanol–water partition coefficient (Wildman–Crippen LogP) is 0.572. The van der Waals surface area contributed by atoms with Gasteiger partial charge in [0.15, 0.2) is 0 Å². The minimum Gasteiger partial charge on any atom is -0.369 e. The molecule has 2 N–H and O–H groups in total. The number of hydrogen-bond acceptors (Lipinski definition) is 5. The molecule has 1 aromatic rings. The summed E-state index contributed by atoms with van der Waals surface area (Å²) in [7, 11) is -3.74. The van der Waals surface area contributed by atoms with Gasteiger partial charge in [-0.25, -0.2) is 8.42 Å². The van der Waals surface area contributed by atoms with Crippen LogP contribution in [0.25, 0.3) is 0 Å². The van der Waals surface area contributed by atoms with Crippen molar-refractivity contribution in [2.45, 2.75) is 45.3 Å². The lowest BCUT2D eigenvalue weighted by molar-refractivity contribution is -0.115. The van der Waals surface area contributed by atoms with Gasteiger partial charge in [-0.2, -0.15) is 4.31 Å². The van der Waals surface area contributed by atoms with E-state index in [4.69, 9.17) is 5.73 Å². The van der Waals surface area contributed by atoms with Gasteiger partial charge in [0.05, 0.1) is 0 Å². The average molecular weight is 354 g/mol. The molecule has 0 bridgehead atoms. The molecule has 2 heterocycles. The Kier molecular flexibility index (Phi) is 6.31. The second-order valence-corrected chi connectivity index (χ2v) is 8.41. The fourth-order valence-electron chi connectivity index (χ4n) is 3.08. The van der Waals surface area contributed by atoms with Gasteiger partial charge in [0, 0.05) is 31.0 Å².